The van der Waals surface area contributed by atoms with E-state index in [4.69, 9.17) is 0 Å². The minimum Gasteiger partial charge on any atom is -0.310 e. The molecule has 0 unspecified atom stereocenters. The van der Waals surface area contributed by atoms with Crippen molar-refractivity contribution in [3.63, 3.8) is 0 Å². The predicted octanol–water partition coefficient (Wildman–Crippen LogP) is 17.1. The molecule has 0 N–H and O–H groups in total. The molecule has 0 atom stereocenters. The number of anilines is 6. The lowest BCUT2D eigenvalue weighted by Gasteiger charge is -2.30. The summed E-state index contributed by atoms with van der Waals surface area (Å²) in [6.07, 6.45) is 0. The number of thiophene rings is 1. The van der Waals surface area contributed by atoms with Gasteiger partial charge in [-0.15, -0.1) is 11.3 Å². The van der Waals surface area contributed by atoms with E-state index in [0.29, 0.717) is 0 Å². The molecule has 0 aliphatic rings. The van der Waals surface area contributed by atoms with E-state index in [0.717, 1.165) is 34.1 Å². The molecule has 1 heterocycles. The maximum Gasteiger partial charge on any atom is 0.0661 e. The highest BCUT2D eigenvalue weighted by molar-refractivity contribution is 7.26. The number of hydrogen-bond acceptors (Lipinski definition) is 3. The average Bonchev–Trinajstić information content (AvgIpc) is 3.73. The molecule has 1 aromatic heterocycles. The van der Waals surface area contributed by atoms with Crippen molar-refractivity contribution < 1.29 is 0 Å². The van der Waals surface area contributed by atoms with Crippen LogP contribution < -0.4 is 9.80 Å². The number of nitrogens with zero attached hydrogens (tertiary/aromatic N) is 2. The minimum absolute atomic E-state index is 1.08. The minimum atomic E-state index is 1.08. The standard InChI is InChI=1S/C58H40N2S/c1-5-16-41(17-6-1)44-28-33-49(34-29-44)59(51-26-15-23-47(38-51)43-20-9-3-10-21-43)52-39-54-57-53-27-14-13-22-46(53)32-37-56(57)61-58(54)55(40-52)60(48-24-11-4-12-25-48)50-35-30-45(31-36-50)42-18-7-2-8-19-42/h1-40H. The first-order valence-corrected chi connectivity index (χ1v) is 21.6. The van der Waals surface area contributed by atoms with Gasteiger partial charge in [-0.3, -0.25) is 0 Å². The van der Waals surface area contributed by atoms with Crippen molar-refractivity contribution in [2.45, 2.75) is 0 Å². The lowest BCUT2D eigenvalue weighted by Crippen LogP contribution is -2.13. The molecule has 288 valence electrons. The Kier molecular flexibility index (Phi) is 9.42. The second kappa shape index (κ2) is 15.8. The van der Waals surface area contributed by atoms with E-state index in [-0.39, 0.29) is 0 Å². The Hall–Kier alpha value is -7.72. The van der Waals surface area contributed by atoms with Gasteiger partial charge in [0.15, 0.2) is 0 Å². The molecule has 0 radical (unpaired) electrons. The Morgan fingerprint density at radius 3 is 1.38 bits per heavy atom. The van der Waals surface area contributed by atoms with Crippen LogP contribution in [0.1, 0.15) is 0 Å². The maximum absolute atomic E-state index is 2.44. The quantitative estimate of drug-likeness (QED) is 0.144. The number of hydrogen-bond donors (Lipinski definition) is 0. The Labute approximate surface area is 360 Å². The summed E-state index contributed by atoms with van der Waals surface area (Å²) in [6, 6.07) is 87.9. The van der Waals surface area contributed by atoms with E-state index >= 15 is 0 Å². The van der Waals surface area contributed by atoms with Crippen LogP contribution in [0.15, 0.2) is 243 Å². The Balaban J connectivity index is 1.19. The first-order valence-electron chi connectivity index (χ1n) is 20.7. The number of benzene rings is 10. The molecule has 0 amide bonds. The predicted molar refractivity (Wildman–Crippen MR) is 263 cm³/mol. The van der Waals surface area contributed by atoms with Gasteiger partial charge < -0.3 is 9.80 Å². The van der Waals surface area contributed by atoms with E-state index in [1.165, 1.54) is 64.3 Å². The summed E-state index contributed by atoms with van der Waals surface area (Å²) in [6.45, 7) is 0. The van der Waals surface area contributed by atoms with E-state index in [9.17, 15) is 0 Å². The third-order valence-corrected chi connectivity index (χ3v) is 12.8. The molecule has 0 aliphatic heterocycles. The Morgan fingerprint density at radius 1 is 0.279 bits per heavy atom. The second-order valence-corrected chi connectivity index (χ2v) is 16.4. The molecule has 0 spiro atoms. The summed E-state index contributed by atoms with van der Waals surface area (Å²) in [5.74, 6) is 0. The zero-order chi connectivity index (χ0) is 40.5. The molecule has 3 heteroatoms. The van der Waals surface area contributed by atoms with Crippen molar-refractivity contribution >= 4 is 76.4 Å². The SMILES string of the molecule is c1ccc(-c2ccc(N(c3cccc(-c4ccccc4)c3)c3cc(N(c4ccccc4)c4ccc(-c5ccccc5)cc4)c4sc5ccc6ccccc6c5c4c3)cc2)cc1. The Bertz CT molecular complexity index is 3270. The van der Waals surface area contributed by atoms with Gasteiger partial charge >= 0.3 is 0 Å². The van der Waals surface area contributed by atoms with Crippen LogP contribution in [0.25, 0.3) is 64.3 Å². The molecule has 11 aromatic rings. The lowest BCUT2D eigenvalue weighted by molar-refractivity contribution is 1.26. The third-order valence-electron chi connectivity index (χ3n) is 11.6. The number of para-hydroxylation sites is 1. The number of rotatable bonds is 9. The average molecular weight is 797 g/mol. The summed E-state index contributed by atoms with van der Waals surface area (Å²) in [5, 5.41) is 5.02. The van der Waals surface area contributed by atoms with Crippen molar-refractivity contribution in [2.75, 3.05) is 9.80 Å². The van der Waals surface area contributed by atoms with Gasteiger partial charge in [-0.25, -0.2) is 0 Å². The van der Waals surface area contributed by atoms with E-state index in [2.05, 4.69) is 252 Å². The van der Waals surface area contributed by atoms with Gasteiger partial charge in [0.1, 0.15) is 0 Å². The molecular formula is C58H40N2S. The van der Waals surface area contributed by atoms with E-state index < -0.39 is 0 Å². The first-order chi connectivity index (χ1) is 30.2. The van der Waals surface area contributed by atoms with Crippen molar-refractivity contribution in [1.29, 1.82) is 0 Å². The zero-order valence-electron chi connectivity index (χ0n) is 33.4. The topological polar surface area (TPSA) is 6.48 Å². The smallest absolute Gasteiger partial charge is 0.0661 e. The lowest BCUT2D eigenvalue weighted by atomic mass is 10.0. The van der Waals surface area contributed by atoms with Crippen molar-refractivity contribution in [3.8, 4) is 33.4 Å². The van der Waals surface area contributed by atoms with Gasteiger partial charge in [0, 0.05) is 43.9 Å². The summed E-state index contributed by atoms with van der Waals surface area (Å²) in [7, 11) is 0. The van der Waals surface area contributed by atoms with Gasteiger partial charge in [0.05, 0.1) is 10.4 Å². The van der Waals surface area contributed by atoms with Gasteiger partial charge in [-0.1, -0.05) is 176 Å². The van der Waals surface area contributed by atoms with Crippen LogP contribution in [0.2, 0.25) is 0 Å². The molecule has 0 saturated carbocycles. The Morgan fingerprint density at radius 2 is 0.754 bits per heavy atom. The summed E-state index contributed by atoms with van der Waals surface area (Å²) >= 11 is 1.87. The molecule has 0 aliphatic carbocycles. The maximum atomic E-state index is 2.44. The van der Waals surface area contributed by atoms with Crippen LogP contribution in [-0.4, -0.2) is 0 Å². The number of fused-ring (bicyclic) bond motifs is 5. The monoisotopic (exact) mass is 796 g/mol. The molecule has 11 rings (SSSR count). The van der Waals surface area contributed by atoms with Gasteiger partial charge in [-0.2, -0.15) is 0 Å². The normalized spacial score (nSPS) is 11.3. The van der Waals surface area contributed by atoms with Crippen molar-refractivity contribution in [1.82, 2.24) is 0 Å². The fourth-order valence-electron chi connectivity index (χ4n) is 8.69. The molecule has 10 aromatic carbocycles. The molecule has 2 nitrogen and oxygen atoms in total. The first kappa shape index (κ1) is 36.4. The van der Waals surface area contributed by atoms with Crippen LogP contribution in [-0.2, 0) is 0 Å². The highest BCUT2D eigenvalue weighted by Crippen LogP contribution is 2.50. The van der Waals surface area contributed by atoms with Gasteiger partial charge in [-0.05, 0) is 111 Å². The van der Waals surface area contributed by atoms with Crippen LogP contribution in [0, 0.1) is 0 Å². The van der Waals surface area contributed by atoms with E-state index in [1.807, 2.05) is 11.3 Å². The van der Waals surface area contributed by atoms with Crippen molar-refractivity contribution in [3.05, 3.63) is 243 Å². The third kappa shape index (κ3) is 6.91. The highest BCUT2D eigenvalue weighted by atomic mass is 32.1. The van der Waals surface area contributed by atoms with Crippen molar-refractivity contribution in [2.24, 2.45) is 0 Å². The van der Waals surface area contributed by atoms with E-state index in [1.54, 1.807) is 0 Å². The molecule has 0 fully saturated rings. The molecular weight excluding hydrogens is 757 g/mol. The molecule has 0 saturated heterocycles. The van der Waals surface area contributed by atoms with Crippen LogP contribution in [0.5, 0.6) is 0 Å². The zero-order valence-corrected chi connectivity index (χ0v) is 34.2. The fourth-order valence-corrected chi connectivity index (χ4v) is 9.89. The summed E-state index contributed by atoms with van der Waals surface area (Å²) in [4.78, 5) is 4.87. The van der Waals surface area contributed by atoms with Gasteiger partial charge in [0.2, 0.25) is 0 Å². The second-order valence-electron chi connectivity index (χ2n) is 15.4. The highest BCUT2D eigenvalue weighted by Gasteiger charge is 2.24. The largest absolute Gasteiger partial charge is 0.310 e. The fraction of sp³-hybridized carbons (Fsp3) is 0. The molecule has 61 heavy (non-hydrogen) atoms. The molecule has 0 bridgehead atoms. The summed E-state index contributed by atoms with van der Waals surface area (Å²) < 4.78 is 2.51. The van der Waals surface area contributed by atoms with Crippen LogP contribution in [0.3, 0.4) is 0 Å². The van der Waals surface area contributed by atoms with Crippen LogP contribution in [0.4, 0.5) is 34.1 Å². The van der Waals surface area contributed by atoms with Gasteiger partial charge in [0.25, 0.3) is 0 Å². The summed E-state index contributed by atoms with van der Waals surface area (Å²) in [5.41, 5.74) is 13.7. The van der Waals surface area contributed by atoms with Crippen LogP contribution >= 0.6 is 11.3 Å².